The number of hydrogen-bond donors (Lipinski definition) is 3. The molecule has 0 radical (unpaired) electrons. The summed E-state index contributed by atoms with van der Waals surface area (Å²) in [6, 6.07) is 13.0. The van der Waals surface area contributed by atoms with Crippen LogP contribution in [0.5, 0.6) is 0 Å². The highest BCUT2D eigenvalue weighted by molar-refractivity contribution is 7.80. The molecule has 0 bridgehead atoms. The van der Waals surface area contributed by atoms with Crippen molar-refractivity contribution in [2.24, 2.45) is 0 Å². The van der Waals surface area contributed by atoms with E-state index in [-0.39, 0.29) is 11.0 Å². The molecule has 7 heteroatoms. The van der Waals surface area contributed by atoms with E-state index >= 15 is 0 Å². The van der Waals surface area contributed by atoms with Gasteiger partial charge in [-0.15, -0.1) is 0 Å². The van der Waals surface area contributed by atoms with Gasteiger partial charge in [0.25, 0.3) is 5.91 Å². The Morgan fingerprint density at radius 1 is 1.08 bits per heavy atom. The second-order valence-corrected chi connectivity index (χ2v) is 6.53. The van der Waals surface area contributed by atoms with Crippen molar-refractivity contribution in [1.29, 1.82) is 0 Å². The van der Waals surface area contributed by atoms with Gasteiger partial charge in [-0.3, -0.25) is 15.6 Å². The van der Waals surface area contributed by atoms with Gasteiger partial charge in [0.05, 0.1) is 0 Å². The molecule has 0 saturated carbocycles. The molecule has 0 spiro atoms. The zero-order valence-electron chi connectivity index (χ0n) is 15.1. The predicted molar refractivity (Wildman–Crippen MR) is 113 cm³/mol. The fourth-order valence-corrected chi connectivity index (χ4v) is 2.78. The van der Waals surface area contributed by atoms with Crippen molar-refractivity contribution in [3.8, 4) is 0 Å². The highest BCUT2D eigenvalue weighted by atomic mass is 35.5. The number of aryl methyl sites for hydroxylation is 1. The third-order valence-corrected chi connectivity index (χ3v) is 4.59. The lowest BCUT2D eigenvalue weighted by Gasteiger charge is -2.21. The normalized spacial score (nSPS) is 10.2. The molecule has 0 unspecified atom stereocenters. The highest BCUT2D eigenvalue weighted by Crippen LogP contribution is 2.19. The van der Waals surface area contributed by atoms with Crippen molar-refractivity contribution in [2.75, 3.05) is 23.3 Å². The van der Waals surface area contributed by atoms with Crippen LogP contribution in [-0.2, 0) is 0 Å². The van der Waals surface area contributed by atoms with E-state index in [4.69, 9.17) is 23.8 Å². The van der Waals surface area contributed by atoms with Gasteiger partial charge in [0.1, 0.15) is 0 Å². The molecule has 3 N–H and O–H groups in total. The van der Waals surface area contributed by atoms with Crippen molar-refractivity contribution < 1.29 is 4.79 Å². The van der Waals surface area contributed by atoms with Crippen LogP contribution in [0.25, 0.3) is 0 Å². The van der Waals surface area contributed by atoms with E-state index in [2.05, 4.69) is 34.9 Å². The summed E-state index contributed by atoms with van der Waals surface area (Å²) in [5, 5.41) is 3.89. The number of rotatable bonds is 5. The molecular weight excluding hydrogens is 368 g/mol. The molecule has 0 fully saturated rings. The number of halogens is 1. The molecule has 26 heavy (non-hydrogen) atoms. The lowest BCUT2D eigenvalue weighted by Crippen LogP contribution is -2.43. The molecule has 0 aliphatic carbocycles. The van der Waals surface area contributed by atoms with Crippen LogP contribution in [0, 0.1) is 6.92 Å². The van der Waals surface area contributed by atoms with E-state index in [9.17, 15) is 4.79 Å². The maximum absolute atomic E-state index is 12.2. The fourth-order valence-electron chi connectivity index (χ4n) is 2.43. The van der Waals surface area contributed by atoms with Crippen molar-refractivity contribution in [3.05, 3.63) is 58.6 Å². The van der Waals surface area contributed by atoms with Crippen molar-refractivity contribution in [2.45, 2.75) is 20.8 Å². The molecule has 2 aromatic rings. The van der Waals surface area contributed by atoms with Gasteiger partial charge < -0.3 is 10.2 Å². The Labute approximate surface area is 164 Å². The second-order valence-electron chi connectivity index (χ2n) is 5.72. The molecule has 0 aliphatic heterocycles. The lowest BCUT2D eigenvalue weighted by atomic mass is 10.2. The Morgan fingerprint density at radius 2 is 1.73 bits per heavy atom. The molecular formula is C19H23ClN4OS. The Hall–Kier alpha value is -2.31. The summed E-state index contributed by atoms with van der Waals surface area (Å²) >= 11 is 11.3. The van der Waals surface area contributed by atoms with Gasteiger partial charge in [-0.25, -0.2) is 0 Å². The average Bonchev–Trinajstić information content (AvgIpc) is 2.64. The van der Waals surface area contributed by atoms with Crippen LogP contribution in [0.3, 0.4) is 0 Å². The maximum Gasteiger partial charge on any atom is 0.269 e. The zero-order chi connectivity index (χ0) is 19.1. The third-order valence-electron chi connectivity index (χ3n) is 3.98. The van der Waals surface area contributed by atoms with Gasteiger partial charge >= 0.3 is 0 Å². The molecule has 2 aromatic carbocycles. The van der Waals surface area contributed by atoms with Gasteiger partial charge in [-0.05, 0) is 75.0 Å². The van der Waals surface area contributed by atoms with Gasteiger partial charge in [-0.2, -0.15) is 0 Å². The largest absolute Gasteiger partial charge is 0.372 e. The number of amides is 1. The molecule has 0 aliphatic rings. The summed E-state index contributed by atoms with van der Waals surface area (Å²) in [7, 11) is 0. The minimum Gasteiger partial charge on any atom is -0.372 e. The molecule has 0 atom stereocenters. The number of thiocarbonyl (C=S) groups is 1. The number of anilines is 2. The highest BCUT2D eigenvalue weighted by Gasteiger charge is 2.08. The molecule has 0 heterocycles. The van der Waals surface area contributed by atoms with Crippen LogP contribution in [0.15, 0.2) is 42.5 Å². The number of hydrazine groups is 1. The summed E-state index contributed by atoms with van der Waals surface area (Å²) in [5.41, 5.74) is 8.64. The van der Waals surface area contributed by atoms with Crippen LogP contribution in [0.1, 0.15) is 29.8 Å². The van der Waals surface area contributed by atoms with Crippen LogP contribution in [-0.4, -0.2) is 24.1 Å². The van der Waals surface area contributed by atoms with E-state index in [1.807, 2.05) is 31.2 Å². The molecule has 2 rings (SSSR count). The van der Waals surface area contributed by atoms with Gasteiger partial charge in [0, 0.05) is 35.1 Å². The second kappa shape index (κ2) is 9.40. The topological polar surface area (TPSA) is 56.4 Å². The number of hydrogen-bond acceptors (Lipinski definition) is 3. The average molecular weight is 391 g/mol. The summed E-state index contributed by atoms with van der Waals surface area (Å²) in [6.07, 6.45) is 0. The van der Waals surface area contributed by atoms with E-state index < -0.39 is 0 Å². The van der Waals surface area contributed by atoms with Crippen LogP contribution in [0.2, 0.25) is 5.02 Å². The quantitative estimate of drug-likeness (QED) is 0.529. The first-order valence-electron chi connectivity index (χ1n) is 8.43. The Bertz CT molecular complexity index is 776. The summed E-state index contributed by atoms with van der Waals surface area (Å²) in [6.45, 7) is 7.97. The van der Waals surface area contributed by atoms with Crippen molar-refractivity contribution in [1.82, 2.24) is 10.9 Å². The van der Waals surface area contributed by atoms with Crippen LogP contribution >= 0.6 is 23.8 Å². The standard InChI is InChI=1S/C19H23ClN4OS/c1-4-24(5-2)16-10-7-14(8-11-16)18(25)22-23-19(26)21-15-9-6-13(3)17(20)12-15/h6-12H,4-5H2,1-3H3,(H,22,25)(H2,21,23,26). The van der Waals surface area contributed by atoms with Gasteiger partial charge in [-0.1, -0.05) is 17.7 Å². The first-order valence-corrected chi connectivity index (χ1v) is 9.21. The monoisotopic (exact) mass is 390 g/mol. The van der Waals surface area contributed by atoms with Gasteiger partial charge in [0.2, 0.25) is 0 Å². The lowest BCUT2D eigenvalue weighted by molar-refractivity contribution is 0.0944. The molecule has 0 aromatic heterocycles. The minimum atomic E-state index is -0.262. The number of nitrogens with zero attached hydrogens (tertiary/aromatic N) is 1. The Balaban J connectivity index is 1.89. The maximum atomic E-state index is 12.2. The van der Waals surface area contributed by atoms with Gasteiger partial charge in [0.15, 0.2) is 5.11 Å². The molecule has 138 valence electrons. The first-order chi connectivity index (χ1) is 12.4. The van der Waals surface area contributed by atoms with E-state index in [0.717, 1.165) is 30.0 Å². The smallest absolute Gasteiger partial charge is 0.269 e. The summed E-state index contributed by atoms with van der Waals surface area (Å²) in [5.74, 6) is -0.262. The predicted octanol–water partition coefficient (Wildman–Crippen LogP) is 4.13. The fraction of sp³-hybridized carbons (Fsp3) is 0.263. The van der Waals surface area contributed by atoms with E-state index in [0.29, 0.717) is 10.6 Å². The zero-order valence-corrected chi connectivity index (χ0v) is 16.7. The van der Waals surface area contributed by atoms with Crippen LogP contribution < -0.4 is 21.1 Å². The number of carbonyl (C=O) groups is 1. The Kier molecular flexibility index (Phi) is 7.24. The third kappa shape index (κ3) is 5.34. The molecule has 1 amide bonds. The van der Waals surface area contributed by atoms with Crippen LogP contribution in [0.4, 0.5) is 11.4 Å². The number of carbonyl (C=O) groups excluding carboxylic acids is 1. The minimum absolute atomic E-state index is 0.262. The number of benzene rings is 2. The SMILES string of the molecule is CCN(CC)c1ccc(C(=O)NNC(=S)Nc2ccc(C)c(Cl)c2)cc1. The van der Waals surface area contributed by atoms with E-state index in [1.165, 1.54) is 0 Å². The number of nitrogens with one attached hydrogen (secondary N) is 3. The molecule has 0 saturated heterocycles. The van der Waals surface area contributed by atoms with E-state index in [1.54, 1.807) is 18.2 Å². The first kappa shape index (κ1) is 20.0. The molecule has 5 nitrogen and oxygen atoms in total. The van der Waals surface area contributed by atoms with Crippen molar-refractivity contribution >= 4 is 46.2 Å². The summed E-state index contributed by atoms with van der Waals surface area (Å²) < 4.78 is 0. The summed E-state index contributed by atoms with van der Waals surface area (Å²) in [4.78, 5) is 14.4. The Morgan fingerprint density at radius 3 is 2.31 bits per heavy atom. The van der Waals surface area contributed by atoms with Crippen molar-refractivity contribution in [3.63, 3.8) is 0 Å².